The molecule has 6 rings (SSSR count). The number of nitrogens with zero attached hydrogens (tertiary/aromatic N) is 3. The Kier molecular flexibility index (Phi) is 8.55. The van der Waals surface area contributed by atoms with Crippen LogP contribution >= 0.6 is 0 Å². The Morgan fingerprint density at radius 2 is 1.72 bits per heavy atom. The van der Waals surface area contributed by atoms with Crippen LogP contribution in [-0.4, -0.2) is 61.2 Å². The smallest absolute Gasteiger partial charge is 0.260 e. The largest absolute Gasteiger partial charge is 0.497 e. The van der Waals surface area contributed by atoms with Crippen LogP contribution in [0.15, 0.2) is 60.7 Å². The van der Waals surface area contributed by atoms with E-state index in [-0.39, 0.29) is 42.1 Å². The van der Waals surface area contributed by atoms with Gasteiger partial charge in [0, 0.05) is 37.6 Å². The van der Waals surface area contributed by atoms with E-state index in [1.54, 1.807) is 43.4 Å². The summed E-state index contributed by atoms with van der Waals surface area (Å²) in [5.41, 5.74) is 1.56. The Labute approximate surface area is 264 Å². The molecule has 1 fully saturated rings. The fourth-order valence-corrected chi connectivity index (χ4v) is 6.10. The molecule has 2 aliphatic rings. The fourth-order valence-electron chi connectivity index (χ4n) is 6.10. The fraction of sp³-hybridized carbons (Fsp3) is 0.294. The predicted octanol–water partition coefficient (Wildman–Crippen LogP) is 5.13. The Hall–Kier alpha value is -5.10. The second-order valence-corrected chi connectivity index (χ2v) is 11.2. The number of anilines is 2. The molecule has 1 aromatic heterocycles. The molecule has 0 radical (unpaired) electrons. The summed E-state index contributed by atoms with van der Waals surface area (Å²) in [4.78, 5) is 37.3. The van der Waals surface area contributed by atoms with E-state index in [2.05, 4.69) is 20.6 Å². The molecular weight excluding hydrogens is 596 g/mol. The highest BCUT2D eigenvalue weighted by atomic mass is 19.1. The number of fused-ring (bicyclic) bond motifs is 1. The number of rotatable bonds is 11. The summed E-state index contributed by atoms with van der Waals surface area (Å²) in [6.45, 7) is 1.27. The first kappa shape index (κ1) is 30.9. The van der Waals surface area contributed by atoms with Crippen molar-refractivity contribution in [2.24, 2.45) is 0 Å². The maximum atomic E-state index is 14.9. The van der Waals surface area contributed by atoms with Gasteiger partial charge in [0.15, 0.2) is 5.82 Å². The van der Waals surface area contributed by atoms with E-state index >= 15 is 0 Å². The SMILES string of the molecule is COCCC1(c2ccc(Nc3nc(-c4c(F)cccc4F)nc4c3C(=O)N(Cc3ccc(OC)cc3OC)C4)cc2)CCNC1=O. The van der Waals surface area contributed by atoms with E-state index in [1.165, 1.54) is 13.2 Å². The third-order valence-electron chi connectivity index (χ3n) is 8.57. The van der Waals surface area contributed by atoms with Gasteiger partial charge in [0.25, 0.3) is 5.91 Å². The second-order valence-electron chi connectivity index (χ2n) is 11.2. The van der Waals surface area contributed by atoms with Crippen LogP contribution in [0.3, 0.4) is 0 Å². The summed E-state index contributed by atoms with van der Waals surface area (Å²) < 4.78 is 45.9. The third kappa shape index (κ3) is 5.60. The van der Waals surface area contributed by atoms with Gasteiger partial charge in [0.2, 0.25) is 5.91 Å². The molecule has 1 saturated heterocycles. The van der Waals surface area contributed by atoms with Crippen molar-refractivity contribution in [2.45, 2.75) is 31.3 Å². The van der Waals surface area contributed by atoms with Crippen molar-refractivity contribution in [3.63, 3.8) is 0 Å². The molecule has 3 heterocycles. The molecule has 46 heavy (non-hydrogen) atoms. The Morgan fingerprint density at radius 1 is 0.957 bits per heavy atom. The van der Waals surface area contributed by atoms with E-state index in [0.29, 0.717) is 48.9 Å². The van der Waals surface area contributed by atoms with Gasteiger partial charge in [-0.15, -0.1) is 0 Å². The van der Waals surface area contributed by atoms with Crippen molar-refractivity contribution in [3.8, 4) is 22.9 Å². The Balaban J connectivity index is 1.36. The number of carbonyl (C=O) groups is 2. The molecule has 0 spiro atoms. The number of methoxy groups -OCH3 is 3. The highest BCUT2D eigenvalue weighted by molar-refractivity contribution is 6.03. The normalized spacial score (nSPS) is 17.2. The van der Waals surface area contributed by atoms with Crippen molar-refractivity contribution >= 4 is 23.3 Å². The number of halogens is 2. The van der Waals surface area contributed by atoms with Crippen LogP contribution in [0.1, 0.15) is 40.0 Å². The molecule has 1 unspecified atom stereocenters. The van der Waals surface area contributed by atoms with Gasteiger partial charge in [0.1, 0.15) is 34.5 Å². The zero-order chi connectivity index (χ0) is 32.4. The molecule has 0 saturated carbocycles. The van der Waals surface area contributed by atoms with Gasteiger partial charge < -0.3 is 29.7 Å². The molecule has 0 aliphatic carbocycles. The number of hydrogen-bond donors (Lipinski definition) is 2. The van der Waals surface area contributed by atoms with Crippen LogP contribution in [0.25, 0.3) is 11.4 Å². The van der Waals surface area contributed by atoms with Crippen LogP contribution < -0.4 is 20.1 Å². The second kappa shape index (κ2) is 12.7. The van der Waals surface area contributed by atoms with Crippen molar-refractivity contribution < 1.29 is 32.6 Å². The molecular formula is C34H33F2N5O5. The minimum absolute atomic E-state index is 0.0467. The molecule has 3 aromatic carbocycles. The van der Waals surface area contributed by atoms with E-state index < -0.39 is 22.6 Å². The van der Waals surface area contributed by atoms with Crippen molar-refractivity contribution in [1.82, 2.24) is 20.2 Å². The number of aromatic nitrogens is 2. The number of carbonyl (C=O) groups excluding carboxylic acids is 2. The number of amides is 2. The lowest BCUT2D eigenvalue weighted by atomic mass is 9.76. The summed E-state index contributed by atoms with van der Waals surface area (Å²) >= 11 is 0. The van der Waals surface area contributed by atoms with Crippen LogP contribution in [0.5, 0.6) is 11.5 Å². The van der Waals surface area contributed by atoms with E-state index in [1.807, 2.05) is 18.2 Å². The lowest BCUT2D eigenvalue weighted by Crippen LogP contribution is -2.36. The summed E-state index contributed by atoms with van der Waals surface area (Å²) in [7, 11) is 4.69. The molecule has 12 heteroatoms. The van der Waals surface area contributed by atoms with Crippen LogP contribution in [0, 0.1) is 11.6 Å². The standard InChI is InChI=1S/C34H33F2N5O5/c1-44-16-14-34(13-15-37-33(34)43)21-8-10-22(11-9-21)38-31-29-26(39-30(40-31)28-24(35)5-4-6-25(28)36)19-41(32(29)42)18-20-7-12-23(45-2)17-27(20)46-3/h4-12,17H,13-16,18-19H2,1-3H3,(H,37,43)(H,38,39,40). The molecule has 0 bridgehead atoms. The lowest BCUT2D eigenvalue weighted by molar-refractivity contribution is -0.124. The zero-order valence-electron chi connectivity index (χ0n) is 25.7. The van der Waals surface area contributed by atoms with E-state index in [4.69, 9.17) is 14.2 Å². The quantitative estimate of drug-likeness (QED) is 0.235. The summed E-state index contributed by atoms with van der Waals surface area (Å²) in [5.74, 6) is -0.978. The molecule has 2 aliphatic heterocycles. The maximum absolute atomic E-state index is 14.9. The third-order valence-corrected chi connectivity index (χ3v) is 8.57. The molecule has 2 amide bonds. The first-order valence-corrected chi connectivity index (χ1v) is 14.8. The minimum Gasteiger partial charge on any atom is -0.497 e. The molecule has 2 N–H and O–H groups in total. The van der Waals surface area contributed by atoms with Gasteiger partial charge in [-0.25, -0.2) is 18.7 Å². The lowest BCUT2D eigenvalue weighted by Gasteiger charge is -2.26. The number of hydrogen-bond acceptors (Lipinski definition) is 8. The van der Waals surface area contributed by atoms with Gasteiger partial charge in [-0.3, -0.25) is 9.59 Å². The predicted molar refractivity (Wildman–Crippen MR) is 166 cm³/mol. The van der Waals surface area contributed by atoms with Crippen LogP contribution in [-0.2, 0) is 28.0 Å². The number of benzene rings is 3. The average molecular weight is 630 g/mol. The topological polar surface area (TPSA) is 115 Å². The summed E-state index contributed by atoms with van der Waals surface area (Å²) in [6, 6.07) is 16.1. The Bertz CT molecular complexity index is 1780. The van der Waals surface area contributed by atoms with Gasteiger partial charge in [-0.2, -0.15) is 0 Å². The first-order valence-electron chi connectivity index (χ1n) is 14.8. The highest BCUT2D eigenvalue weighted by Crippen LogP contribution is 2.38. The molecule has 4 aromatic rings. The van der Waals surface area contributed by atoms with Crippen LogP contribution in [0.2, 0.25) is 0 Å². The van der Waals surface area contributed by atoms with Gasteiger partial charge in [-0.1, -0.05) is 18.2 Å². The summed E-state index contributed by atoms with van der Waals surface area (Å²) in [6.07, 6.45) is 1.17. The number of nitrogens with one attached hydrogen (secondary N) is 2. The first-order chi connectivity index (χ1) is 22.3. The summed E-state index contributed by atoms with van der Waals surface area (Å²) in [5, 5.41) is 6.11. The van der Waals surface area contributed by atoms with Crippen LogP contribution in [0.4, 0.5) is 20.3 Å². The van der Waals surface area contributed by atoms with Gasteiger partial charge >= 0.3 is 0 Å². The van der Waals surface area contributed by atoms with E-state index in [0.717, 1.165) is 23.3 Å². The van der Waals surface area contributed by atoms with Gasteiger partial charge in [0.05, 0.1) is 44.0 Å². The number of ether oxygens (including phenoxy) is 3. The van der Waals surface area contributed by atoms with E-state index in [9.17, 15) is 18.4 Å². The molecule has 10 nitrogen and oxygen atoms in total. The maximum Gasteiger partial charge on any atom is 0.260 e. The average Bonchev–Trinajstić information content (AvgIpc) is 3.59. The van der Waals surface area contributed by atoms with Crippen molar-refractivity contribution in [3.05, 3.63) is 94.7 Å². The molecule has 1 atom stereocenters. The van der Waals surface area contributed by atoms with Gasteiger partial charge in [-0.05, 0) is 54.8 Å². The van der Waals surface area contributed by atoms with Crippen molar-refractivity contribution in [1.29, 1.82) is 0 Å². The highest BCUT2D eigenvalue weighted by Gasteiger charge is 2.43. The Morgan fingerprint density at radius 3 is 2.37 bits per heavy atom. The molecule has 238 valence electrons. The monoisotopic (exact) mass is 629 g/mol. The minimum atomic E-state index is -0.824. The van der Waals surface area contributed by atoms with Crippen molar-refractivity contribution in [2.75, 3.05) is 39.8 Å². The zero-order valence-corrected chi connectivity index (χ0v) is 25.7.